The predicted octanol–water partition coefficient (Wildman–Crippen LogP) is 1.56. The first-order chi connectivity index (χ1) is 13.2. The van der Waals surface area contributed by atoms with Gasteiger partial charge in [-0.3, -0.25) is 9.36 Å². The van der Waals surface area contributed by atoms with E-state index in [1.54, 1.807) is 9.25 Å². The number of aromatic amines is 1. The fraction of sp³-hybridized carbons (Fsp3) is 0.450. The highest BCUT2D eigenvalue weighted by atomic mass is 16.2. The van der Waals surface area contributed by atoms with Crippen molar-refractivity contribution in [1.82, 2.24) is 24.2 Å². The molecule has 0 bridgehead atoms. The van der Waals surface area contributed by atoms with E-state index in [0.29, 0.717) is 38.4 Å². The molecule has 27 heavy (non-hydrogen) atoms. The Kier molecular flexibility index (Phi) is 3.88. The predicted molar refractivity (Wildman–Crippen MR) is 101 cm³/mol. The van der Waals surface area contributed by atoms with Gasteiger partial charge in [-0.15, -0.1) is 0 Å². The van der Waals surface area contributed by atoms with Gasteiger partial charge in [0.25, 0.3) is 0 Å². The molecule has 1 saturated carbocycles. The van der Waals surface area contributed by atoms with Crippen LogP contribution in [0, 0.1) is 5.92 Å². The first-order valence-corrected chi connectivity index (χ1v) is 9.68. The number of aromatic nitrogens is 4. The molecule has 1 aliphatic carbocycles. The van der Waals surface area contributed by atoms with Crippen LogP contribution in [0.25, 0.3) is 10.9 Å². The second-order valence-corrected chi connectivity index (χ2v) is 7.64. The summed E-state index contributed by atoms with van der Waals surface area (Å²) in [5.74, 6) is 1.53. The summed E-state index contributed by atoms with van der Waals surface area (Å²) in [7, 11) is 0. The maximum Gasteiger partial charge on any atom is 0.345 e. The number of nitrogens with one attached hydrogen (secondary N) is 1. The van der Waals surface area contributed by atoms with Crippen LogP contribution in [0.15, 0.2) is 35.3 Å². The van der Waals surface area contributed by atoms with Gasteiger partial charge in [-0.1, -0.05) is 18.2 Å². The number of rotatable bonds is 4. The molecule has 0 unspecified atom stereocenters. The lowest BCUT2D eigenvalue weighted by molar-refractivity contribution is -0.130. The van der Waals surface area contributed by atoms with Gasteiger partial charge in [-0.25, -0.2) is 9.48 Å². The fourth-order valence-electron chi connectivity index (χ4n) is 3.93. The lowest BCUT2D eigenvalue weighted by atomic mass is 10.1. The van der Waals surface area contributed by atoms with E-state index in [0.717, 1.165) is 28.8 Å². The number of hydrogen-bond acceptors (Lipinski definition) is 3. The molecule has 0 spiro atoms. The minimum Gasteiger partial charge on any atom is -0.361 e. The molecular formula is C20H23N5O2. The molecule has 3 aromatic rings. The maximum atomic E-state index is 12.8. The lowest BCUT2D eigenvalue weighted by Crippen LogP contribution is -2.36. The number of amides is 1. The SMILES string of the molecule is O=C(Cc1c[nH]c2ccccc12)N1CCc2nn(CC3CC3)c(=O)n2CC1. The van der Waals surface area contributed by atoms with Crippen LogP contribution in [0.3, 0.4) is 0 Å². The van der Waals surface area contributed by atoms with Gasteiger partial charge in [0.1, 0.15) is 5.82 Å². The summed E-state index contributed by atoms with van der Waals surface area (Å²) in [6.07, 6.45) is 5.32. The highest BCUT2D eigenvalue weighted by Crippen LogP contribution is 2.29. The van der Waals surface area contributed by atoms with Crippen LogP contribution in [0.5, 0.6) is 0 Å². The van der Waals surface area contributed by atoms with E-state index in [2.05, 4.69) is 10.1 Å². The van der Waals surface area contributed by atoms with Crippen LogP contribution in [-0.4, -0.2) is 43.2 Å². The first kappa shape index (κ1) is 16.4. The van der Waals surface area contributed by atoms with Crippen molar-refractivity contribution in [2.45, 2.75) is 38.8 Å². The Hall–Kier alpha value is -2.83. The number of benzene rings is 1. The number of para-hydroxylation sites is 1. The molecule has 5 rings (SSSR count). The molecule has 1 N–H and O–H groups in total. The van der Waals surface area contributed by atoms with E-state index in [9.17, 15) is 9.59 Å². The highest BCUT2D eigenvalue weighted by Gasteiger charge is 2.26. The normalized spacial score (nSPS) is 17.1. The topological polar surface area (TPSA) is 75.9 Å². The smallest absolute Gasteiger partial charge is 0.345 e. The number of carbonyl (C=O) groups excluding carboxylic acids is 1. The quantitative estimate of drug-likeness (QED) is 0.762. The third-order valence-electron chi connectivity index (χ3n) is 5.70. The van der Waals surface area contributed by atoms with Gasteiger partial charge >= 0.3 is 5.69 Å². The second kappa shape index (κ2) is 6.40. The second-order valence-electron chi connectivity index (χ2n) is 7.64. The number of carbonyl (C=O) groups is 1. The Morgan fingerprint density at radius 3 is 2.89 bits per heavy atom. The number of nitrogens with zero attached hydrogens (tertiary/aromatic N) is 4. The van der Waals surface area contributed by atoms with Gasteiger partial charge in [0, 0.05) is 49.7 Å². The summed E-state index contributed by atoms with van der Waals surface area (Å²) in [6.45, 7) is 2.44. The third kappa shape index (κ3) is 3.07. The van der Waals surface area contributed by atoms with Crippen LogP contribution >= 0.6 is 0 Å². The first-order valence-electron chi connectivity index (χ1n) is 9.68. The van der Waals surface area contributed by atoms with Crippen molar-refractivity contribution >= 4 is 16.8 Å². The van der Waals surface area contributed by atoms with E-state index < -0.39 is 0 Å². The summed E-state index contributed by atoms with van der Waals surface area (Å²) in [5, 5.41) is 5.62. The Labute approximate surface area is 156 Å². The van der Waals surface area contributed by atoms with Crippen molar-refractivity contribution in [2.24, 2.45) is 5.92 Å². The largest absolute Gasteiger partial charge is 0.361 e. The minimum atomic E-state index is -0.0252. The van der Waals surface area contributed by atoms with Crippen LogP contribution < -0.4 is 5.69 Å². The summed E-state index contributed by atoms with van der Waals surface area (Å²) in [6, 6.07) is 8.02. The van der Waals surface area contributed by atoms with E-state index in [-0.39, 0.29) is 11.6 Å². The fourth-order valence-corrected chi connectivity index (χ4v) is 3.93. The Morgan fingerprint density at radius 1 is 1.19 bits per heavy atom. The molecule has 7 heteroatoms. The zero-order valence-corrected chi connectivity index (χ0v) is 15.2. The Bertz CT molecular complexity index is 1060. The van der Waals surface area contributed by atoms with E-state index >= 15 is 0 Å². The third-order valence-corrected chi connectivity index (χ3v) is 5.70. The number of H-pyrrole nitrogens is 1. The van der Waals surface area contributed by atoms with Gasteiger partial charge in [0.05, 0.1) is 6.42 Å². The molecule has 1 fully saturated rings. The van der Waals surface area contributed by atoms with Gasteiger partial charge < -0.3 is 9.88 Å². The monoisotopic (exact) mass is 365 g/mol. The lowest BCUT2D eigenvalue weighted by Gasteiger charge is -2.19. The van der Waals surface area contributed by atoms with Crippen molar-refractivity contribution in [1.29, 1.82) is 0 Å². The molecule has 140 valence electrons. The van der Waals surface area contributed by atoms with Crippen molar-refractivity contribution in [3.8, 4) is 0 Å². The van der Waals surface area contributed by atoms with Gasteiger partial charge in [0.15, 0.2) is 0 Å². The molecular weight excluding hydrogens is 342 g/mol. The maximum absolute atomic E-state index is 12.8. The molecule has 1 aromatic carbocycles. The molecule has 0 atom stereocenters. The zero-order chi connectivity index (χ0) is 18.4. The van der Waals surface area contributed by atoms with Gasteiger partial charge in [0.2, 0.25) is 5.91 Å². The Morgan fingerprint density at radius 2 is 2.04 bits per heavy atom. The van der Waals surface area contributed by atoms with Crippen LogP contribution in [0.1, 0.15) is 24.2 Å². The summed E-state index contributed by atoms with van der Waals surface area (Å²) in [5.41, 5.74) is 2.04. The van der Waals surface area contributed by atoms with E-state index in [4.69, 9.17) is 0 Å². The number of fused-ring (bicyclic) bond motifs is 2. The van der Waals surface area contributed by atoms with Crippen molar-refractivity contribution in [3.63, 3.8) is 0 Å². The minimum absolute atomic E-state index is 0.0252. The Balaban J connectivity index is 1.29. The zero-order valence-electron chi connectivity index (χ0n) is 15.2. The molecule has 2 aliphatic rings. The summed E-state index contributed by atoms with van der Waals surface area (Å²) in [4.78, 5) is 30.5. The van der Waals surface area contributed by atoms with Crippen LogP contribution in [-0.2, 0) is 30.7 Å². The molecule has 2 aromatic heterocycles. The molecule has 0 saturated heterocycles. The summed E-state index contributed by atoms with van der Waals surface area (Å²) >= 11 is 0. The average molecular weight is 365 g/mol. The molecule has 0 radical (unpaired) electrons. The standard InChI is InChI=1S/C20H23N5O2/c26-19(11-15-12-21-17-4-2-1-3-16(15)17)23-8-7-18-22-25(13-14-5-6-14)20(27)24(18)10-9-23/h1-4,12,14,21H,5-11,13H2. The molecule has 3 heterocycles. The van der Waals surface area contributed by atoms with Crippen LogP contribution in [0.2, 0.25) is 0 Å². The van der Waals surface area contributed by atoms with Crippen molar-refractivity contribution < 1.29 is 4.79 Å². The van der Waals surface area contributed by atoms with Gasteiger partial charge in [-0.2, -0.15) is 5.10 Å². The molecule has 7 nitrogen and oxygen atoms in total. The number of hydrogen-bond donors (Lipinski definition) is 1. The van der Waals surface area contributed by atoms with Crippen molar-refractivity contribution in [2.75, 3.05) is 13.1 Å². The van der Waals surface area contributed by atoms with E-state index in [1.807, 2.05) is 35.4 Å². The van der Waals surface area contributed by atoms with Crippen molar-refractivity contribution in [3.05, 3.63) is 52.3 Å². The van der Waals surface area contributed by atoms with E-state index in [1.165, 1.54) is 12.8 Å². The highest BCUT2D eigenvalue weighted by molar-refractivity contribution is 5.88. The summed E-state index contributed by atoms with van der Waals surface area (Å²) < 4.78 is 3.37. The average Bonchev–Trinajstić information content (AvgIpc) is 3.39. The van der Waals surface area contributed by atoms with Gasteiger partial charge in [-0.05, 0) is 30.4 Å². The molecule has 1 amide bonds. The molecule has 1 aliphatic heterocycles. The van der Waals surface area contributed by atoms with Crippen LogP contribution in [0.4, 0.5) is 0 Å².